The topological polar surface area (TPSA) is 76.9 Å². The molecule has 1 N–H and O–H groups in total. The number of anilines is 1. The van der Waals surface area contributed by atoms with Crippen molar-refractivity contribution in [2.45, 2.75) is 18.7 Å². The average Bonchev–Trinajstić information content (AvgIpc) is 2.62. The first-order valence-electron chi connectivity index (χ1n) is 5.34. The van der Waals surface area contributed by atoms with Crippen LogP contribution in [0.3, 0.4) is 0 Å². The number of pyridine rings is 1. The number of rotatable bonds is 3. The summed E-state index contributed by atoms with van der Waals surface area (Å²) in [6.07, 6.45) is 3.07. The maximum atomic E-state index is 12.1. The van der Waals surface area contributed by atoms with E-state index in [9.17, 15) is 8.42 Å². The Hall–Kier alpha value is -1.89. The van der Waals surface area contributed by atoms with Crippen molar-refractivity contribution >= 4 is 15.8 Å². The van der Waals surface area contributed by atoms with Crippen LogP contribution in [-0.4, -0.2) is 23.2 Å². The average molecular weight is 266 g/mol. The zero-order valence-corrected chi connectivity index (χ0v) is 11.2. The molecule has 0 aliphatic heterocycles. The van der Waals surface area contributed by atoms with E-state index in [1.807, 2.05) is 6.92 Å². The van der Waals surface area contributed by atoms with Crippen molar-refractivity contribution in [3.8, 4) is 0 Å². The van der Waals surface area contributed by atoms with Gasteiger partial charge in [0.2, 0.25) is 0 Å². The number of hydrogen-bond donors (Lipinski definition) is 1. The van der Waals surface area contributed by atoms with Crippen molar-refractivity contribution in [1.82, 2.24) is 14.8 Å². The van der Waals surface area contributed by atoms with E-state index in [0.717, 1.165) is 5.56 Å². The molecule has 7 heteroatoms. The van der Waals surface area contributed by atoms with E-state index in [1.165, 1.54) is 10.9 Å². The van der Waals surface area contributed by atoms with Crippen LogP contribution < -0.4 is 4.72 Å². The summed E-state index contributed by atoms with van der Waals surface area (Å²) in [5, 5.41) is 4.01. The van der Waals surface area contributed by atoms with E-state index in [1.54, 1.807) is 32.3 Å². The summed E-state index contributed by atoms with van der Waals surface area (Å²) in [7, 11) is -1.96. The van der Waals surface area contributed by atoms with Crippen LogP contribution in [0.5, 0.6) is 0 Å². The Bertz CT molecular complexity index is 659. The lowest BCUT2D eigenvalue weighted by molar-refractivity contribution is 0.600. The lowest BCUT2D eigenvalue weighted by atomic mass is 10.3. The van der Waals surface area contributed by atoms with Gasteiger partial charge in [-0.15, -0.1) is 0 Å². The highest BCUT2D eigenvalue weighted by atomic mass is 32.2. The third-order valence-corrected chi connectivity index (χ3v) is 3.87. The van der Waals surface area contributed by atoms with Gasteiger partial charge in [0.15, 0.2) is 0 Å². The van der Waals surface area contributed by atoms with Crippen molar-refractivity contribution in [2.75, 3.05) is 4.72 Å². The molecule has 6 nitrogen and oxygen atoms in total. The molecule has 0 aliphatic carbocycles. The highest BCUT2D eigenvalue weighted by Crippen LogP contribution is 2.16. The predicted octanol–water partition coefficient (Wildman–Crippen LogP) is 1.23. The van der Waals surface area contributed by atoms with Crippen molar-refractivity contribution in [2.24, 2.45) is 7.05 Å². The molecule has 0 saturated carbocycles. The zero-order chi connectivity index (χ0) is 13.3. The van der Waals surface area contributed by atoms with Crippen LogP contribution in [0.25, 0.3) is 0 Å². The molecular weight excluding hydrogens is 252 g/mol. The Morgan fingerprint density at radius 3 is 2.50 bits per heavy atom. The largest absolute Gasteiger partial charge is 0.274 e. The molecular formula is C11H14N4O2S. The number of aryl methyl sites for hydroxylation is 3. The van der Waals surface area contributed by atoms with E-state index < -0.39 is 10.0 Å². The van der Waals surface area contributed by atoms with Gasteiger partial charge in [0.1, 0.15) is 10.7 Å². The Morgan fingerprint density at radius 2 is 2.00 bits per heavy atom. The molecule has 0 saturated heterocycles. The molecule has 0 aliphatic rings. The van der Waals surface area contributed by atoms with Crippen LogP contribution in [0.2, 0.25) is 0 Å². The molecule has 0 bridgehead atoms. The predicted molar refractivity (Wildman–Crippen MR) is 67.7 cm³/mol. The van der Waals surface area contributed by atoms with Gasteiger partial charge >= 0.3 is 0 Å². The van der Waals surface area contributed by atoms with Gasteiger partial charge in [-0.3, -0.25) is 9.40 Å². The lowest BCUT2D eigenvalue weighted by Gasteiger charge is -2.05. The molecule has 0 amide bonds. The van der Waals surface area contributed by atoms with Crippen molar-refractivity contribution < 1.29 is 8.42 Å². The fourth-order valence-electron chi connectivity index (χ4n) is 1.56. The van der Waals surface area contributed by atoms with Crippen LogP contribution in [0.4, 0.5) is 5.82 Å². The van der Waals surface area contributed by atoms with Gasteiger partial charge < -0.3 is 0 Å². The third kappa shape index (κ3) is 2.51. The summed E-state index contributed by atoms with van der Waals surface area (Å²) < 4.78 is 28.1. The molecule has 2 aromatic heterocycles. The van der Waals surface area contributed by atoms with Crippen molar-refractivity contribution in [3.05, 3.63) is 35.8 Å². The Balaban J connectivity index is 2.33. The SMILES string of the molecule is Cc1ccc(NS(=O)(=O)c2cn(C)nc2C)nc1. The molecule has 18 heavy (non-hydrogen) atoms. The summed E-state index contributed by atoms with van der Waals surface area (Å²) in [6, 6.07) is 3.42. The first-order valence-corrected chi connectivity index (χ1v) is 6.82. The maximum absolute atomic E-state index is 12.1. The molecule has 2 heterocycles. The summed E-state index contributed by atoms with van der Waals surface area (Å²) in [6.45, 7) is 3.54. The van der Waals surface area contributed by atoms with Crippen LogP contribution in [0, 0.1) is 13.8 Å². The molecule has 0 aromatic carbocycles. The second-order valence-corrected chi connectivity index (χ2v) is 5.73. The number of nitrogens with zero attached hydrogens (tertiary/aromatic N) is 3. The molecule has 2 rings (SSSR count). The second-order valence-electron chi connectivity index (χ2n) is 4.08. The van der Waals surface area contributed by atoms with Crippen molar-refractivity contribution in [3.63, 3.8) is 0 Å². The lowest BCUT2D eigenvalue weighted by Crippen LogP contribution is -2.14. The van der Waals surface area contributed by atoms with E-state index in [4.69, 9.17) is 0 Å². The van der Waals surface area contributed by atoms with Crippen LogP contribution in [-0.2, 0) is 17.1 Å². The van der Waals surface area contributed by atoms with E-state index in [-0.39, 0.29) is 4.90 Å². The highest BCUT2D eigenvalue weighted by Gasteiger charge is 2.20. The standard InChI is InChI=1S/C11H14N4O2S/c1-8-4-5-11(12-6-8)14-18(16,17)10-7-15(3)13-9(10)2/h4-7H,1-3H3,(H,12,14). The van der Waals surface area contributed by atoms with Gasteiger partial charge in [0, 0.05) is 19.4 Å². The van der Waals surface area contributed by atoms with Gasteiger partial charge in [0.05, 0.1) is 5.69 Å². The molecule has 0 unspecified atom stereocenters. The second kappa shape index (κ2) is 4.41. The fraction of sp³-hybridized carbons (Fsp3) is 0.273. The summed E-state index contributed by atoms with van der Waals surface area (Å²) in [5.41, 5.74) is 1.42. The highest BCUT2D eigenvalue weighted by molar-refractivity contribution is 7.92. The number of hydrogen-bond acceptors (Lipinski definition) is 4. The number of nitrogens with one attached hydrogen (secondary N) is 1. The van der Waals surface area contributed by atoms with Crippen LogP contribution in [0.1, 0.15) is 11.3 Å². The molecule has 0 spiro atoms. The third-order valence-electron chi connectivity index (χ3n) is 2.41. The maximum Gasteiger partial charge on any atom is 0.266 e. The van der Waals surface area contributed by atoms with Gasteiger partial charge in [0.25, 0.3) is 10.0 Å². The Labute approximate surface area is 106 Å². The summed E-state index contributed by atoms with van der Waals surface area (Å²) in [4.78, 5) is 4.17. The van der Waals surface area contributed by atoms with Crippen LogP contribution >= 0.6 is 0 Å². The van der Waals surface area contributed by atoms with Crippen LogP contribution in [0.15, 0.2) is 29.4 Å². The fourth-order valence-corrected chi connectivity index (χ4v) is 2.79. The minimum atomic E-state index is -3.63. The first kappa shape index (κ1) is 12.6. The normalized spacial score (nSPS) is 11.5. The van der Waals surface area contributed by atoms with Crippen molar-refractivity contribution in [1.29, 1.82) is 0 Å². The Morgan fingerprint density at radius 1 is 1.28 bits per heavy atom. The number of aromatic nitrogens is 3. The van der Waals surface area contributed by atoms with Gasteiger partial charge in [-0.1, -0.05) is 6.07 Å². The molecule has 0 atom stereocenters. The quantitative estimate of drug-likeness (QED) is 0.906. The Kier molecular flexibility index (Phi) is 3.08. The monoisotopic (exact) mass is 266 g/mol. The minimum absolute atomic E-state index is 0.160. The van der Waals surface area contributed by atoms with E-state index in [0.29, 0.717) is 11.5 Å². The smallest absolute Gasteiger partial charge is 0.266 e. The van der Waals surface area contributed by atoms with Gasteiger partial charge in [-0.2, -0.15) is 5.10 Å². The summed E-state index contributed by atoms with van der Waals surface area (Å²) in [5.74, 6) is 0.295. The summed E-state index contributed by atoms with van der Waals surface area (Å²) >= 11 is 0. The zero-order valence-electron chi connectivity index (χ0n) is 10.4. The molecule has 0 fully saturated rings. The van der Waals surface area contributed by atoms with Gasteiger partial charge in [-0.05, 0) is 25.5 Å². The van der Waals surface area contributed by atoms with E-state index in [2.05, 4.69) is 14.8 Å². The van der Waals surface area contributed by atoms with Gasteiger partial charge in [-0.25, -0.2) is 13.4 Å². The molecule has 2 aromatic rings. The molecule has 96 valence electrons. The number of sulfonamides is 1. The van der Waals surface area contributed by atoms with E-state index >= 15 is 0 Å². The molecule has 0 radical (unpaired) electrons. The first-order chi connectivity index (χ1) is 8.38. The minimum Gasteiger partial charge on any atom is -0.274 e.